The Morgan fingerprint density at radius 3 is 2.78 bits per heavy atom. The Kier molecular flexibility index (Phi) is 4.09. The van der Waals surface area contributed by atoms with Crippen LogP contribution in [0.1, 0.15) is 24.1 Å². The van der Waals surface area contributed by atoms with Gasteiger partial charge in [0.15, 0.2) is 0 Å². The van der Waals surface area contributed by atoms with Gasteiger partial charge in [0.2, 0.25) is 5.89 Å². The molecule has 1 heterocycles. The fourth-order valence-electron chi connectivity index (χ4n) is 2.38. The van der Waals surface area contributed by atoms with Crippen molar-refractivity contribution in [3.63, 3.8) is 0 Å². The smallest absolute Gasteiger partial charge is 0.319 e. The molecule has 6 heteroatoms. The molecule has 1 aliphatic carbocycles. The van der Waals surface area contributed by atoms with Gasteiger partial charge in [0, 0.05) is 23.2 Å². The molecule has 1 aliphatic rings. The molecule has 0 radical (unpaired) electrons. The zero-order valence-electron chi connectivity index (χ0n) is 13.3. The van der Waals surface area contributed by atoms with Crippen molar-refractivity contribution in [2.45, 2.75) is 26.7 Å². The van der Waals surface area contributed by atoms with E-state index in [1.165, 1.54) is 0 Å². The standard InChI is InChI=1S/C17H21N3O3/c1-11-3-4-13(15-19-12(2)8-23-15)7-14(11)20-16(22)18-9-17(10-21)5-6-17/h3-4,7-8,21H,5-6,9-10H2,1-2H3,(H2,18,20,22). The zero-order valence-corrected chi connectivity index (χ0v) is 13.3. The van der Waals surface area contributed by atoms with Gasteiger partial charge in [-0.25, -0.2) is 9.78 Å². The van der Waals surface area contributed by atoms with E-state index in [-0.39, 0.29) is 18.1 Å². The van der Waals surface area contributed by atoms with Gasteiger partial charge in [-0.3, -0.25) is 0 Å². The molecule has 3 rings (SSSR count). The predicted molar refractivity (Wildman–Crippen MR) is 87.2 cm³/mol. The van der Waals surface area contributed by atoms with Gasteiger partial charge in [0.25, 0.3) is 0 Å². The van der Waals surface area contributed by atoms with Crippen LogP contribution < -0.4 is 10.6 Å². The number of oxazole rings is 1. The minimum absolute atomic E-state index is 0.107. The summed E-state index contributed by atoms with van der Waals surface area (Å²) in [6, 6.07) is 5.41. The Labute approximate surface area is 134 Å². The van der Waals surface area contributed by atoms with Crippen molar-refractivity contribution < 1.29 is 14.3 Å². The Morgan fingerprint density at radius 1 is 1.39 bits per heavy atom. The molecule has 0 spiro atoms. The van der Waals surface area contributed by atoms with E-state index in [1.807, 2.05) is 32.0 Å². The molecule has 0 saturated heterocycles. The van der Waals surface area contributed by atoms with Crippen LogP contribution in [-0.2, 0) is 0 Å². The van der Waals surface area contributed by atoms with Crippen molar-refractivity contribution in [1.82, 2.24) is 10.3 Å². The molecule has 2 amide bonds. The maximum atomic E-state index is 12.1. The third-order valence-corrected chi connectivity index (χ3v) is 4.27. The first-order chi connectivity index (χ1) is 11.0. The molecule has 122 valence electrons. The summed E-state index contributed by atoms with van der Waals surface area (Å²) in [6.45, 7) is 4.40. The number of aliphatic hydroxyl groups is 1. The van der Waals surface area contributed by atoms with Crippen molar-refractivity contribution in [2.24, 2.45) is 5.41 Å². The number of rotatable bonds is 5. The minimum Gasteiger partial charge on any atom is -0.444 e. The number of aryl methyl sites for hydroxylation is 2. The number of amides is 2. The summed E-state index contributed by atoms with van der Waals surface area (Å²) in [5.74, 6) is 0.531. The van der Waals surface area contributed by atoms with E-state index in [0.29, 0.717) is 18.1 Å². The molecule has 23 heavy (non-hydrogen) atoms. The lowest BCUT2D eigenvalue weighted by Gasteiger charge is -2.14. The summed E-state index contributed by atoms with van der Waals surface area (Å²) in [6.07, 6.45) is 3.52. The lowest BCUT2D eigenvalue weighted by atomic mass is 10.1. The van der Waals surface area contributed by atoms with E-state index < -0.39 is 0 Å². The third kappa shape index (κ3) is 3.53. The molecule has 1 fully saturated rings. The molecular formula is C17H21N3O3. The molecule has 0 aliphatic heterocycles. The number of aromatic nitrogens is 1. The van der Waals surface area contributed by atoms with Crippen molar-refractivity contribution in [2.75, 3.05) is 18.5 Å². The molecule has 1 aromatic carbocycles. The number of hydrogen-bond donors (Lipinski definition) is 3. The van der Waals surface area contributed by atoms with E-state index >= 15 is 0 Å². The number of aliphatic hydroxyl groups excluding tert-OH is 1. The molecule has 0 atom stereocenters. The Morgan fingerprint density at radius 2 is 2.17 bits per heavy atom. The highest BCUT2D eigenvalue weighted by molar-refractivity contribution is 5.90. The number of carbonyl (C=O) groups excluding carboxylic acids is 1. The lowest BCUT2D eigenvalue weighted by Crippen LogP contribution is -2.35. The summed E-state index contributed by atoms with van der Waals surface area (Å²) in [7, 11) is 0. The monoisotopic (exact) mass is 315 g/mol. The molecule has 2 aromatic rings. The average molecular weight is 315 g/mol. The molecule has 1 aromatic heterocycles. The first-order valence-corrected chi connectivity index (χ1v) is 7.70. The summed E-state index contributed by atoms with van der Waals surface area (Å²) in [5, 5.41) is 15.0. The van der Waals surface area contributed by atoms with Gasteiger partial charge in [-0.2, -0.15) is 0 Å². The second kappa shape index (κ2) is 6.04. The topological polar surface area (TPSA) is 87.4 Å². The molecule has 0 bridgehead atoms. The van der Waals surface area contributed by atoms with Gasteiger partial charge < -0.3 is 20.2 Å². The normalized spacial score (nSPS) is 15.3. The maximum Gasteiger partial charge on any atom is 0.319 e. The van der Waals surface area contributed by atoms with Crippen LogP contribution in [0.25, 0.3) is 11.5 Å². The van der Waals surface area contributed by atoms with Crippen molar-refractivity contribution in [3.8, 4) is 11.5 Å². The summed E-state index contributed by atoms with van der Waals surface area (Å²) in [5.41, 5.74) is 3.18. The number of benzene rings is 1. The van der Waals surface area contributed by atoms with Crippen molar-refractivity contribution in [1.29, 1.82) is 0 Å². The number of nitrogens with one attached hydrogen (secondary N) is 2. The molecule has 3 N–H and O–H groups in total. The highest BCUT2D eigenvalue weighted by Crippen LogP contribution is 2.44. The summed E-state index contributed by atoms with van der Waals surface area (Å²) in [4.78, 5) is 16.4. The van der Waals surface area contributed by atoms with E-state index in [0.717, 1.165) is 29.7 Å². The van der Waals surface area contributed by atoms with Crippen LogP contribution in [0.5, 0.6) is 0 Å². The van der Waals surface area contributed by atoms with E-state index in [9.17, 15) is 9.90 Å². The lowest BCUT2D eigenvalue weighted by molar-refractivity contribution is 0.206. The van der Waals surface area contributed by atoms with Crippen molar-refractivity contribution >= 4 is 11.7 Å². The van der Waals surface area contributed by atoms with Crippen LogP contribution in [0, 0.1) is 19.3 Å². The molecular weight excluding hydrogens is 294 g/mol. The first kappa shape index (κ1) is 15.6. The van der Waals surface area contributed by atoms with E-state index in [2.05, 4.69) is 15.6 Å². The van der Waals surface area contributed by atoms with Gasteiger partial charge >= 0.3 is 6.03 Å². The number of carbonyl (C=O) groups is 1. The van der Waals surface area contributed by atoms with Gasteiger partial charge in [-0.1, -0.05) is 6.07 Å². The number of nitrogens with zero attached hydrogens (tertiary/aromatic N) is 1. The summed E-state index contributed by atoms with van der Waals surface area (Å²) < 4.78 is 5.40. The number of anilines is 1. The second-order valence-electron chi connectivity index (χ2n) is 6.29. The van der Waals surface area contributed by atoms with Crippen molar-refractivity contribution in [3.05, 3.63) is 35.7 Å². The van der Waals surface area contributed by atoms with Gasteiger partial charge in [0.05, 0.1) is 12.3 Å². The SMILES string of the molecule is Cc1coc(-c2ccc(C)c(NC(=O)NCC3(CO)CC3)c2)n1. The highest BCUT2D eigenvalue weighted by atomic mass is 16.3. The minimum atomic E-state index is -0.270. The predicted octanol–water partition coefficient (Wildman–Crippen LogP) is 2.85. The number of urea groups is 1. The largest absolute Gasteiger partial charge is 0.444 e. The van der Waals surface area contributed by atoms with Crippen LogP contribution >= 0.6 is 0 Å². The Hall–Kier alpha value is -2.34. The third-order valence-electron chi connectivity index (χ3n) is 4.27. The molecule has 1 saturated carbocycles. The summed E-state index contributed by atoms with van der Waals surface area (Å²) >= 11 is 0. The van der Waals surface area contributed by atoms with Crippen LogP contribution in [0.2, 0.25) is 0 Å². The number of hydrogen-bond acceptors (Lipinski definition) is 4. The van der Waals surface area contributed by atoms with Gasteiger partial charge in [0.1, 0.15) is 6.26 Å². The zero-order chi connectivity index (χ0) is 16.4. The Balaban J connectivity index is 1.68. The van der Waals surface area contributed by atoms with Crippen LogP contribution in [0.15, 0.2) is 28.9 Å². The van der Waals surface area contributed by atoms with Crippen LogP contribution in [0.4, 0.5) is 10.5 Å². The highest BCUT2D eigenvalue weighted by Gasteiger charge is 2.42. The van der Waals surface area contributed by atoms with Gasteiger partial charge in [-0.15, -0.1) is 0 Å². The quantitative estimate of drug-likeness (QED) is 0.791. The van der Waals surface area contributed by atoms with Gasteiger partial charge in [-0.05, 0) is 44.4 Å². The maximum absolute atomic E-state index is 12.1. The first-order valence-electron chi connectivity index (χ1n) is 7.70. The van der Waals surface area contributed by atoms with E-state index in [1.54, 1.807) is 6.26 Å². The fraction of sp³-hybridized carbons (Fsp3) is 0.412. The van der Waals surface area contributed by atoms with Crippen LogP contribution in [-0.4, -0.2) is 29.3 Å². The van der Waals surface area contributed by atoms with Crippen LogP contribution in [0.3, 0.4) is 0 Å². The Bertz CT molecular complexity index is 720. The fourth-order valence-corrected chi connectivity index (χ4v) is 2.38. The van der Waals surface area contributed by atoms with E-state index in [4.69, 9.17) is 4.42 Å². The average Bonchev–Trinajstić information content (AvgIpc) is 3.21. The second-order valence-corrected chi connectivity index (χ2v) is 6.29. The molecule has 0 unspecified atom stereocenters. The molecule has 6 nitrogen and oxygen atoms in total.